The highest BCUT2D eigenvalue weighted by Gasteiger charge is 2.15. The van der Waals surface area contributed by atoms with Crippen molar-refractivity contribution in [3.05, 3.63) is 70.5 Å². The highest BCUT2D eigenvalue weighted by Crippen LogP contribution is 2.29. The van der Waals surface area contributed by atoms with Crippen LogP contribution < -0.4 is 5.56 Å². The van der Waals surface area contributed by atoms with E-state index in [-0.39, 0.29) is 5.56 Å². The molecular weight excluding hydrogens is 332 g/mol. The normalized spacial score (nSPS) is 12.0. The summed E-state index contributed by atoms with van der Waals surface area (Å²) in [6.07, 6.45) is 6.03. The van der Waals surface area contributed by atoms with Gasteiger partial charge in [0.2, 0.25) is 0 Å². The van der Waals surface area contributed by atoms with Crippen LogP contribution >= 0.6 is 0 Å². The SMILES string of the molecule is CCCCCCc1ccc2nc3c4cccc5cccc(c(=O)n3c2c1)c54. The Morgan fingerprint density at radius 2 is 1.74 bits per heavy atom. The van der Waals surface area contributed by atoms with E-state index in [1.54, 1.807) is 0 Å². The minimum absolute atomic E-state index is 0.0277. The summed E-state index contributed by atoms with van der Waals surface area (Å²) in [5.41, 5.74) is 3.89. The van der Waals surface area contributed by atoms with Crippen LogP contribution in [0, 0.1) is 0 Å². The number of aromatic nitrogens is 2. The fourth-order valence-corrected chi connectivity index (χ4v) is 4.24. The molecule has 0 amide bonds. The van der Waals surface area contributed by atoms with Crippen LogP contribution in [0.15, 0.2) is 59.4 Å². The molecule has 3 heteroatoms. The average molecular weight is 354 g/mol. The summed E-state index contributed by atoms with van der Waals surface area (Å²) in [5, 5.41) is 3.92. The molecule has 5 rings (SSSR count). The van der Waals surface area contributed by atoms with Crippen LogP contribution in [0.25, 0.3) is 38.2 Å². The third-order valence-corrected chi connectivity index (χ3v) is 5.62. The minimum Gasteiger partial charge on any atom is -0.268 e. The maximum absolute atomic E-state index is 13.3. The lowest BCUT2D eigenvalue weighted by Crippen LogP contribution is -2.13. The Kier molecular flexibility index (Phi) is 3.82. The second-order valence-electron chi connectivity index (χ2n) is 7.42. The summed E-state index contributed by atoms with van der Waals surface area (Å²) in [6.45, 7) is 2.23. The van der Waals surface area contributed by atoms with Crippen molar-refractivity contribution in [3.8, 4) is 0 Å². The van der Waals surface area contributed by atoms with Gasteiger partial charge in [-0.2, -0.15) is 0 Å². The van der Waals surface area contributed by atoms with Crippen LogP contribution in [0.5, 0.6) is 0 Å². The first kappa shape index (κ1) is 16.2. The number of nitrogens with zero attached hydrogens (tertiary/aromatic N) is 2. The molecule has 0 aliphatic rings. The largest absolute Gasteiger partial charge is 0.268 e. The van der Waals surface area contributed by atoms with E-state index in [9.17, 15) is 4.79 Å². The number of fused-ring (bicyclic) bond motifs is 4. The Morgan fingerprint density at radius 1 is 0.926 bits per heavy atom. The van der Waals surface area contributed by atoms with Gasteiger partial charge >= 0.3 is 0 Å². The van der Waals surface area contributed by atoms with Crippen LogP contribution in [-0.4, -0.2) is 9.38 Å². The molecule has 0 bridgehead atoms. The number of hydrogen-bond acceptors (Lipinski definition) is 2. The fraction of sp³-hybridized carbons (Fsp3) is 0.250. The van der Waals surface area contributed by atoms with Crippen molar-refractivity contribution in [2.45, 2.75) is 39.0 Å². The zero-order valence-corrected chi connectivity index (χ0v) is 15.5. The molecule has 3 nitrogen and oxygen atoms in total. The molecule has 0 saturated heterocycles. The Hall–Kier alpha value is -2.94. The molecule has 0 radical (unpaired) electrons. The summed E-state index contributed by atoms with van der Waals surface area (Å²) < 4.78 is 1.81. The number of pyridine rings is 1. The van der Waals surface area contributed by atoms with Gasteiger partial charge in [0, 0.05) is 16.2 Å². The average Bonchev–Trinajstić information content (AvgIpc) is 3.08. The first-order valence-electron chi connectivity index (χ1n) is 9.86. The number of unbranched alkanes of at least 4 members (excludes halogenated alkanes) is 3. The lowest BCUT2D eigenvalue weighted by Gasteiger charge is -2.07. The number of benzene rings is 3. The van der Waals surface area contributed by atoms with Crippen LogP contribution in [0.3, 0.4) is 0 Å². The lowest BCUT2D eigenvalue weighted by atomic mass is 10.0. The molecule has 0 saturated carbocycles. The Morgan fingerprint density at radius 3 is 2.56 bits per heavy atom. The van der Waals surface area contributed by atoms with Crippen molar-refractivity contribution in [3.63, 3.8) is 0 Å². The molecule has 5 aromatic rings. The standard InChI is InChI=1S/C24H22N2O/c1-2-3-4-5-8-16-13-14-20-21(15-16)26-23(25-20)18-11-6-9-17-10-7-12-19(22(17)18)24(26)27/h6-7,9-15H,2-5,8H2,1H3. The quantitative estimate of drug-likeness (QED) is 0.379. The summed E-state index contributed by atoms with van der Waals surface area (Å²) in [5.74, 6) is 0. The smallest absolute Gasteiger partial charge is 0.264 e. The zero-order valence-electron chi connectivity index (χ0n) is 15.5. The van der Waals surface area contributed by atoms with E-state index in [0.717, 1.165) is 44.6 Å². The summed E-state index contributed by atoms with van der Waals surface area (Å²) in [6, 6.07) is 18.5. The van der Waals surface area contributed by atoms with Crippen molar-refractivity contribution in [2.75, 3.05) is 0 Å². The molecule has 2 heterocycles. The second-order valence-corrected chi connectivity index (χ2v) is 7.42. The maximum atomic E-state index is 13.3. The Balaban J connectivity index is 1.77. The van der Waals surface area contributed by atoms with Gasteiger partial charge < -0.3 is 0 Å². The number of aryl methyl sites for hydroxylation is 1. The van der Waals surface area contributed by atoms with Crippen molar-refractivity contribution >= 4 is 38.2 Å². The number of hydrogen-bond donors (Lipinski definition) is 0. The van der Waals surface area contributed by atoms with E-state index in [1.807, 2.05) is 22.6 Å². The van der Waals surface area contributed by atoms with Gasteiger partial charge in [-0.1, -0.05) is 62.6 Å². The molecule has 0 N–H and O–H groups in total. The fourth-order valence-electron chi connectivity index (χ4n) is 4.24. The molecule has 0 spiro atoms. The van der Waals surface area contributed by atoms with Gasteiger partial charge in [0.05, 0.1) is 11.0 Å². The molecule has 0 aliphatic heterocycles. The maximum Gasteiger partial charge on any atom is 0.264 e. The molecule has 3 aromatic carbocycles. The predicted molar refractivity (Wildman–Crippen MR) is 113 cm³/mol. The molecule has 0 atom stereocenters. The highest BCUT2D eigenvalue weighted by molar-refractivity contribution is 6.15. The van der Waals surface area contributed by atoms with Gasteiger partial charge in [0.15, 0.2) is 0 Å². The van der Waals surface area contributed by atoms with E-state index in [4.69, 9.17) is 4.98 Å². The first-order chi connectivity index (χ1) is 13.3. The third-order valence-electron chi connectivity index (χ3n) is 5.62. The van der Waals surface area contributed by atoms with Gasteiger partial charge in [-0.3, -0.25) is 9.20 Å². The van der Waals surface area contributed by atoms with Crippen LogP contribution in [0.2, 0.25) is 0 Å². The molecule has 0 aliphatic carbocycles. The summed E-state index contributed by atoms with van der Waals surface area (Å²) >= 11 is 0. The van der Waals surface area contributed by atoms with Gasteiger partial charge in [-0.05, 0) is 42.0 Å². The van der Waals surface area contributed by atoms with Crippen molar-refractivity contribution < 1.29 is 0 Å². The minimum atomic E-state index is 0.0277. The van der Waals surface area contributed by atoms with Gasteiger partial charge in [-0.15, -0.1) is 0 Å². The van der Waals surface area contributed by atoms with Crippen molar-refractivity contribution in [2.24, 2.45) is 0 Å². The van der Waals surface area contributed by atoms with Gasteiger partial charge in [0.1, 0.15) is 5.65 Å². The van der Waals surface area contributed by atoms with E-state index in [1.165, 1.54) is 31.2 Å². The third kappa shape index (κ3) is 2.49. The summed E-state index contributed by atoms with van der Waals surface area (Å²) in [4.78, 5) is 18.1. The molecule has 2 aromatic heterocycles. The number of imidazole rings is 1. The first-order valence-corrected chi connectivity index (χ1v) is 9.86. The zero-order chi connectivity index (χ0) is 18.4. The van der Waals surface area contributed by atoms with Crippen LogP contribution in [0.1, 0.15) is 38.2 Å². The number of rotatable bonds is 5. The second kappa shape index (κ2) is 6.34. The van der Waals surface area contributed by atoms with Gasteiger partial charge in [-0.25, -0.2) is 4.98 Å². The Bertz CT molecular complexity index is 1330. The monoisotopic (exact) mass is 354 g/mol. The van der Waals surface area contributed by atoms with Crippen LogP contribution in [0.4, 0.5) is 0 Å². The summed E-state index contributed by atoms with van der Waals surface area (Å²) in [7, 11) is 0. The molecule has 27 heavy (non-hydrogen) atoms. The van der Waals surface area contributed by atoms with Crippen LogP contribution in [-0.2, 0) is 6.42 Å². The molecule has 0 unspecified atom stereocenters. The van der Waals surface area contributed by atoms with E-state index in [0.29, 0.717) is 0 Å². The Labute approximate surface area is 157 Å². The van der Waals surface area contributed by atoms with E-state index in [2.05, 4.69) is 43.3 Å². The van der Waals surface area contributed by atoms with Crippen molar-refractivity contribution in [1.82, 2.24) is 9.38 Å². The topological polar surface area (TPSA) is 34.4 Å². The molecule has 134 valence electrons. The van der Waals surface area contributed by atoms with Gasteiger partial charge in [0.25, 0.3) is 5.56 Å². The predicted octanol–water partition coefficient (Wildman–Crippen LogP) is 5.71. The van der Waals surface area contributed by atoms with Crippen molar-refractivity contribution in [1.29, 1.82) is 0 Å². The molecule has 0 fully saturated rings. The molecular formula is C24H22N2O. The van der Waals surface area contributed by atoms with E-state index >= 15 is 0 Å². The highest BCUT2D eigenvalue weighted by atomic mass is 16.1. The van der Waals surface area contributed by atoms with E-state index < -0.39 is 0 Å². The lowest BCUT2D eigenvalue weighted by molar-refractivity contribution is 0.667.